The van der Waals surface area contributed by atoms with E-state index in [1.54, 1.807) is 24.3 Å². The molecule has 1 aliphatic rings. The van der Waals surface area contributed by atoms with Crippen molar-refractivity contribution in [3.8, 4) is 0 Å². The van der Waals surface area contributed by atoms with Gasteiger partial charge in [0.25, 0.3) is 11.8 Å². The Morgan fingerprint density at radius 1 is 1.00 bits per heavy atom. The Labute approximate surface area is 138 Å². The minimum Gasteiger partial charge on any atom is -0.398 e. The van der Waals surface area contributed by atoms with Crippen LogP contribution in [-0.4, -0.2) is 16.7 Å². The van der Waals surface area contributed by atoms with E-state index in [1.165, 1.54) is 4.90 Å². The smallest absolute Gasteiger partial charge is 0.261 e. The second kappa shape index (κ2) is 5.27. The molecule has 0 saturated heterocycles. The zero-order valence-corrected chi connectivity index (χ0v) is 13.9. The van der Waals surface area contributed by atoms with Crippen LogP contribution < -0.4 is 5.73 Å². The van der Waals surface area contributed by atoms with Crippen LogP contribution in [0.5, 0.6) is 0 Å². The van der Waals surface area contributed by atoms with E-state index in [-0.39, 0.29) is 18.4 Å². The number of hydrogen-bond donors (Lipinski definition) is 1. The maximum atomic E-state index is 12.4. The van der Waals surface area contributed by atoms with Gasteiger partial charge in [0.15, 0.2) is 0 Å². The summed E-state index contributed by atoms with van der Waals surface area (Å²) in [7, 11) is 0. The molecule has 0 saturated carbocycles. The molecule has 0 unspecified atom stereocenters. The van der Waals surface area contributed by atoms with Gasteiger partial charge in [0.05, 0.1) is 17.7 Å². The van der Waals surface area contributed by atoms with Crippen LogP contribution in [-0.2, 0) is 6.54 Å². The van der Waals surface area contributed by atoms with Gasteiger partial charge < -0.3 is 5.73 Å². The van der Waals surface area contributed by atoms with E-state index in [0.717, 1.165) is 14.5 Å². The molecular formula is C15H10Br2N2O2. The number of carbonyl (C=O) groups excluding carboxylic acids is 2. The average Bonchev–Trinajstić information content (AvgIpc) is 2.67. The maximum absolute atomic E-state index is 12.4. The second-order valence-electron chi connectivity index (χ2n) is 4.69. The molecule has 3 rings (SSSR count). The highest BCUT2D eigenvalue weighted by molar-refractivity contribution is 9.10. The summed E-state index contributed by atoms with van der Waals surface area (Å²) in [6, 6.07) is 10.5. The molecule has 0 radical (unpaired) electrons. The maximum Gasteiger partial charge on any atom is 0.261 e. The van der Waals surface area contributed by atoms with E-state index in [2.05, 4.69) is 31.9 Å². The van der Waals surface area contributed by atoms with E-state index in [9.17, 15) is 9.59 Å². The van der Waals surface area contributed by atoms with Crippen molar-refractivity contribution in [2.24, 2.45) is 0 Å². The third-order valence-electron chi connectivity index (χ3n) is 3.40. The van der Waals surface area contributed by atoms with E-state index < -0.39 is 0 Å². The lowest BCUT2D eigenvalue weighted by Gasteiger charge is -2.16. The third kappa shape index (κ3) is 2.38. The van der Waals surface area contributed by atoms with E-state index in [0.29, 0.717) is 16.8 Å². The Hall–Kier alpha value is -1.66. The number of imide groups is 1. The molecule has 0 bridgehead atoms. The van der Waals surface area contributed by atoms with Crippen LogP contribution in [0.15, 0.2) is 45.3 Å². The number of anilines is 1. The molecule has 1 heterocycles. The fourth-order valence-corrected chi connectivity index (χ4v) is 3.17. The van der Waals surface area contributed by atoms with Crippen LogP contribution in [0, 0.1) is 0 Å². The van der Waals surface area contributed by atoms with Gasteiger partial charge in [0.1, 0.15) is 0 Å². The van der Waals surface area contributed by atoms with Gasteiger partial charge >= 0.3 is 0 Å². The number of fused-ring (bicyclic) bond motifs is 1. The van der Waals surface area contributed by atoms with Crippen LogP contribution in [0.4, 0.5) is 5.69 Å². The van der Waals surface area contributed by atoms with Crippen LogP contribution in [0.2, 0.25) is 0 Å². The van der Waals surface area contributed by atoms with Crippen molar-refractivity contribution in [2.75, 3.05) is 5.73 Å². The molecule has 0 aromatic heterocycles. The number of benzene rings is 2. The number of carbonyl (C=O) groups is 2. The van der Waals surface area contributed by atoms with Gasteiger partial charge in [0.2, 0.25) is 0 Å². The van der Waals surface area contributed by atoms with Gasteiger partial charge in [-0.1, -0.05) is 37.9 Å². The molecule has 4 nitrogen and oxygen atoms in total. The largest absolute Gasteiger partial charge is 0.398 e. The summed E-state index contributed by atoms with van der Waals surface area (Å²) >= 11 is 6.72. The molecule has 21 heavy (non-hydrogen) atoms. The zero-order chi connectivity index (χ0) is 15.1. The first kappa shape index (κ1) is 14.3. The van der Waals surface area contributed by atoms with E-state index in [4.69, 9.17) is 5.73 Å². The highest BCUT2D eigenvalue weighted by Gasteiger charge is 2.36. The van der Waals surface area contributed by atoms with Gasteiger partial charge in [0, 0.05) is 20.2 Å². The lowest BCUT2D eigenvalue weighted by molar-refractivity contribution is 0.0642. The van der Waals surface area contributed by atoms with Gasteiger partial charge in [-0.3, -0.25) is 14.5 Å². The van der Waals surface area contributed by atoms with Crippen molar-refractivity contribution in [3.63, 3.8) is 0 Å². The van der Waals surface area contributed by atoms with Crippen LogP contribution in [0.25, 0.3) is 0 Å². The average molecular weight is 410 g/mol. The Morgan fingerprint density at radius 2 is 1.71 bits per heavy atom. The number of nitrogens with zero attached hydrogens (tertiary/aromatic N) is 1. The Bertz CT molecular complexity index is 754. The summed E-state index contributed by atoms with van der Waals surface area (Å²) in [5.74, 6) is -0.593. The standard InChI is InChI=1S/C15H10Br2N2O2/c16-8-4-5-9-10(6-8)15(21)19(14(9)20)7-11-12(17)2-1-3-13(11)18/h1-6H,7,18H2. The minimum atomic E-state index is -0.300. The molecule has 2 N–H and O–H groups in total. The van der Waals surface area contributed by atoms with Gasteiger partial charge in [-0.2, -0.15) is 0 Å². The number of rotatable bonds is 2. The first-order valence-electron chi connectivity index (χ1n) is 6.17. The van der Waals surface area contributed by atoms with Crippen LogP contribution >= 0.6 is 31.9 Å². The molecule has 0 atom stereocenters. The topological polar surface area (TPSA) is 63.4 Å². The fourth-order valence-electron chi connectivity index (χ4n) is 2.31. The summed E-state index contributed by atoms with van der Waals surface area (Å²) < 4.78 is 1.55. The Kier molecular flexibility index (Phi) is 3.59. The molecule has 2 aromatic rings. The van der Waals surface area contributed by atoms with Crippen molar-refractivity contribution in [3.05, 3.63) is 62.0 Å². The number of amides is 2. The number of hydrogen-bond acceptors (Lipinski definition) is 3. The first-order valence-corrected chi connectivity index (χ1v) is 7.76. The molecule has 2 amide bonds. The summed E-state index contributed by atoms with van der Waals surface area (Å²) in [4.78, 5) is 26.0. The summed E-state index contributed by atoms with van der Waals surface area (Å²) in [5.41, 5.74) is 8.05. The quantitative estimate of drug-likeness (QED) is 0.608. The van der Waals surface area contributed by atoms with Gasteiger partial charge in [-0.25, -0.2) is 0 Å². The molecule has 2 aromatic carbocycles. The molecule has 0 fully saturated rings. The molecule has 1 aliphatic heterocycles. The summed E-state index contributed by atoms with van der Waals surface area (Å²) in [6.07, 6.45) is 0. The van der Waals surface area contributed by atoms with Gasteiger partial charge in [-0.15, -0.1) is 0 Å². The third-order valence-corrected chi connectivity index (χ3v) is 4.64. The SMILES string of the molecule is Nc1cccc(Br)c1CN1C(=O)c2ccc(Br)cc2C1=O. The highest BCUT2D eigenvalue weighted by atomic mass is 79.9. The van der Waals surface area contributed by atoms with Crippen LogP contribution in [0.1, 0.15) is 26.3 Å². The molecular weight excluding hydrogens is 400 g/mol. The minimum absolute atomic E-state index is 0.150. The molecule has 0 aliphatic carbocycles. The van der Waals surface area contributed by atoms with Crippen molar-refractivity contribution in [1.82, 2.24) is 4.90 Å². The van der Waals surface area contributed by atoms with Crippen molar-refractivity contribution in [2.45, 2.75) is 6.54 Å². The van der Waals surface area contributed by atoms with Gasteiger partial charge in [-0.05, 0) is 30.3 Å². The summed E-state index contributed by atoms with van der Waals surface area (Å²) in [5, 5.41) is 0. The monoisotopic (exact) mass is 408 g/mol. The Morgan fingerprint density at radius 3 is 2.43 bits per heavy atom. The van der Waals surface area contributed by atoms with E-state index >= 15 is 0 Å². The molecule has 0 spiro atoms. The summed E-state index contributed by atoms with van der Waals surface area (Å²) in [6.45, 7) is 0.150. The second-order valence-corrected chi connectivity index (χ2v) is 6.46. The highest BCUT2D eigenvalue weighted by Crippen LogP contribution is 2.30. The number of nitrogens with two attached hydrogens (primary N) is 1. The lowest BCUT2D eigenvalue weighted by Crippen LogP contribution is -2.29. The Balaban J connectivity index is 1.99. The lowest BCUT2D eigenvalue weighted by atomic mass is 10.1. The number of nitrogen functional groups attached to an aromatic ring is 1. The van der Waals surface area contributed by atoms with Crippen molar-refractivity contribution < 1.29 is 9.59 Å². The van der Waals surface area contributed by atoms with Crippen molar-refractivity contribution >= 4 is 49.4 Å². The first-order chi connectivity index (χ1) is 9.99. The predicted octanol–water partition coefficient (Wildman–Crippen LogP) is 3.59. The fraction of sp³-hybridized carbons (Fsp3) is 0.0667. The normalized spacial score (nSPS) is 13.7. The van der Waals surface area contributed by atoms with Crippen molar-refractivity contribution in [1.29, 1.82) is 0 Å². The predicted molar refractivity (Wildman–Crippen MR) is 86.9 cm³/mol. The molecule has 6 heteroatoms. The van der Waals surface area contributed by atoms with E-state index in [1.807, 2.05) is 12.1 Å². The number of halogens is 2. The van der Waals surface area contributed by atoms with Crippen LogP contribution in [0.3, 0.4) is 0 Å². The zero-order valence-electron chi connectivity index (χ0n) is 10.8. The molecule has 106 valence electrons.